The van der Waals surface area contributed by atoms with Gasteiger partial charge in [0.25, 0.3) is 5.78 Å². The van der Waals surface area contributed by atoms with Gasteiger partial charge in [0.15, 0.2) is 0 Å². The number of carboxylic acid groups (broad SMARTS) is 1. The molecule has 2 heterocycles. The number of amides is 1. The van der Waals surface area contributed by atoms with Crippen molar-refractivity contribution in [2.45, 2.75) is 13.0 Å². The smallest absolute Gasteiger partial charge is 0.335 e. The number of H-pyrrole nitrogens is 1. The van der Waals surface area contributed by atoms with E-state index in [-0.39, 0.29) is 27.7 Å². The van der Waals surface area contributed by atoms with Crippen molar-refractivity contribution in [3.63, 3.8) is 0 Å². The number of carbonyl (C=O) groups excluding carboxylic acids is 2. The van der Waals surface area contributed by atoms with Crippen LogP contribution < -0.4 is 9.64 Å². The first kappa shape index (κ1) is 24.1. The number of halogens is 1. The molecule has 1 atom stereocenters. The summed E-state index contributed by atoms with van der Waals surface area (Å²) in [5, 5.41) is 20.8. The second kappa shape index (κ2) is 9.11. The molecule has 1 aliphatic rings. The number of nitrogens with one attached hydrogen (secondary N) is 1. The molecule has 4 aromatic rings. The van der Waals surface area contributed by atoms with Gasteiger partial charge in [-0.2, -0.15) is 0 Å². The van der Waals surface area contributed by atoms with Gasteiger partial charge in [0.1, 0.15) is 11.5 Å². The molecule has 1 saturated heterocycles. The fourth-order valence-corrected chi connectivity index (χ4v) is 4.61. The first-order chi connectivity index (χ1) is 17.7. The van der Waals surface area contributed by atoms with E-state index in [1.54, 1.807) is 24.3 Å². The number of anilines is 1. The summed E-state index contributed by atoms with van der Waals surface area (Å²) in [5.74, 6) is -2.98. The number of aromatic amines is 1. The summed E-state index contributed by atoms with van der Waals surface area (Å²) in [5.41, 5.74) is 2.21. The molecule has 9 nitrogen and oxygen atoms in total. The van der Waals surface area contributed by atoms with Crippen LogP contribution in [-0.2, 0) is 9.59 Å². The zero-order valence-corrected chi connectivity index (χ0v) is 20.4. The first-order valence-electron chi connectivity index (χ1n) is 11.1. The number of Topliss-reactive ketones (excluding diaryl/α,β-unsaturated/α-hetero) is 1. The zero-order chi connectivity index (χ0) is 26.4. The van der Waals surface area contributed by atoms with Crippen molar-refractivity contribution in [3.05, 3.63) is 93.5 Å². The average Bonchev–Trinajstić information content (AvgIpc) is 3.41. The molecule has 186 valence electrons. The van der Waals surface area contributed by atoms with Crippen LogP contribution in [0.3, 0.4) is 0 Å². The number of hydrogen-bond acceptors (Lipinski definition) is 6. The van der Waals surface area contributed by atoms with Gasteiger partial charge in [-0.05, 0) is 48.9 Å². The number of imidazole rings is 1. The maximum Gasteiger partial charge on any atom is 0.335 e. The number of rotatable bonds is 5. The normalized spacial score (nSPS) is 16.9. The van der Waals surface area contributed by atoms with E-state index in [2.05, 4.69) is 9.97 Å². The van der Waals surface area contributed by atoms with Crippen LogP contribution in [0, 0.1) is 6.92 Å². The molecule has 1 aromatic heterocycles. The Morgan fingerprint density at radius 2 is 1.86 bits per heavy atom. The van der Waals surface area contributed by atoms with Gasteiger partial charge in [-0.1, -0.05) is 41.4 Å². The molecule has 37 heavy (non-hydrogen) atoms. The Labute approximate surface area is 215 Å². The highest BCUT2D eigenvalue weighted by Gasteiger charge is 2.48. The zero-order valence-electron chi connectivity index (χ0n) is 19.7. The minimum Gasteiger partial charge on any atom is -0.507 e. The Hall–Kier alpha value is -4.63. The van der Waals surface area contributed by atoms with Crippen LogP contribution in [0.1, 0.15) is 33.1 Å². The lowest BCUT2D eigenvalue weighted by molar-refractivity contribution is -0.132. The highest BCUT2D eigenvalue weighted by atomic mass is 35.5. The predicted octanol–water partition coefficient (Wildman–Crippen LogP) is 4.86. The van der Waals surface area contributed by atoms with E-state index >= 15 is 0 Å². The lowest BCUT2D eigenvalue weighted by Gasteiger charge is -2.23. The van der Waals surface area contributed by atoms with Gasteiger partial charge in [-0.3, -0.25) is 14.5 Å². The molecule has 0 bridgehead atoms. The molecule has 0 saturated carbocycles. The number of fused-ring (bicyclic) bond motifs is 1. The Balaban J connectivity index is 1.74. The van der Waals surface area contributed by atoms with E-state index in [9.17, 15) is 24.6 Å². The number of hydrogen-bond donors (Lipinski definition) is 3. The second-order valence-electron chi connectivity index (χ2n) is 8.53. The van der Waals surface area contributed by atoms with Crippen LogP contribution in [0.15, 0.2) is 66.2 Å². The lowest BCUT2D eigenvalue weighted by atomic mass is 9.94. The van der Waals surface area contributed by atoms with E-state index in [1.807, 2.05) is 13.0 Å². The third kappa shape index (κ3) is 4.09. The molecule has 3 aromatic carbocycles. The fourth-order valence-electron chi connectivity index (χ4n) is 4.41. The lowest BCUT2D eigenvalue weighted by Crippen LogP contribution is -2.30. The van der Waals surface area contributed by atoms with E-state index in [4.69, 9.17) is 16.3 Å². The molecule has 1 aliphatic heterocycles. The summed E-state index contributed by atoms with van der Waals surface area (Å²) in [7, 11) is 1.45. The number of aryl methyl sites for hydroxylation is 1. The monoisotopic (exact) mass is 517 g/mol. The molecule has 0 spiro atoms. The van der Waals surface area contributed by atoms with E-state index < -0.39 is 29.5 Å². The van der Waals surface area contributed by atoms with Crippen LogP contribution in [0.25, 0.3) is 16.8 Å². The van der Waals surface area contributed by atoms with E-state index in [0.717, 1.165) is 10.5 Å². The SMILES string of the molecule is COc1ccc(Cl)c(/C(O)=C2\C(=O)C(=O)N(c3nc4ccc(C(=O)O)cc4[nH]3)C2c2cccc(C)c2)c1. The maximum absolute atomic E-state index is 13.4. The second-order valence-corrected chi connectivity index (χ2v) is 8.93. The van der Waals surface area contributed by atoms with Gasteiger partial charge in [0.2, 0.25) is 5.95 Å². The Morgan fingerprint density at radius 1 is 1.08 bits per heavy atom. The van der Waals surface area contributed by atoms with Crippen molar-refractivity contribution in [1.82, 2.24) is 9.97 Å². The molecule has 1 amide bonds. The van der Waals surface area contributed by atoms with Crippen molar-refractivity contribution < 1.29 is 29.3 Å². The minimum absolute atomic E-state index is 0.0296. The first-order valence-corrected chi connectivity index (χ1v) is 11.5. The van der Waals surface area contributed by atoms with Gasteiger partial charge in [-0.15, -0.1) is 0 Å². The van der Waals surface area contributed by atoms with E-state index in [0.29, 0.717) is 22.3 Å². The molecule has 1 fully saturated rings. The van der Waals surface area contributed by atoms with Crippen molar-refractivity contribution in [3.8, 4) is 5.75 Å². The highest BCUT2D eigenvalue weighted by Crippen LogP contribution is 2.43. The van der Waals surface area contributed by atoms with Crippen LogP contribution >= 0.6 is 11.6 Å². The Bertz CT molecular complexity index is 1640. The fraction of sp³-hybridized carbons (Fsp3) is 0.111. The van der Waals surface area contributed by atoms with E-state index in [1.165, 1.54) is 37.4 Å². The maximum atomic E-state index is 13.4. The number of methoxy groups -OCH3 is 1. The predicted molar refractivity (Wildman–Crippen MR) is 137 cm³/mol. The van der Waals surface area contributed by atoms with Crippen molar-refractivity contribution in [2.75, 3.05) is 12.0 Å². The number of nitrogens with zero attached hydrogens (tertiary/aromatic N) is 2. The molecule has 5 rings (SSSR count). The third-order valence-corrected chi connectivity index (χ3v) is 6.51. The highest BCUT2D eigenvalue weighted by molar-refractivity contribution is 6.51. The Kier molecular flexibility index (Phi) is 5.93. The van der Waals surface area contributed by atoms with Crippen LogP contribution in [-0.4, -0.2) is 45.0 Å². The number of aliphatic hydroxyl groups is 1. The number of carbonyl (C=O) groups is 3. The topological polar surface area (TPSA) is 133 Å². The standard InChI is InChI=1S/C27H20ClN3O6/c1-13-4-3-5-14(10-13)22-21(23(32)17-12-16(37-2)7-8-18(17)28)24(33)25(34)31(22)27-29-19-9-6-15(26(35)36)11-20(19)30-27/h3-12,22,32H,1-2H3,(H,29,30)(H,35,36)/b23-21+. The van der Waals surface area contributed by atoms with Gasteiger partial charge < -0.3 is 19.9 Å². The molecule has 1 unspecified atom stereocenters. The summed E-state index contributed by atoms with van der Waals surface area (Å²) in [4.78, 5) is 46.8. The molecular formula is C27H20ClN3O6. The van der Waals surface area contributed by atoms with Crippen LogP contribution in [0.4, 0.5) is 5.95 Å². The molecule has 3 N–H and O–H groups in total. The molecular weight excluding hydrogens is 498 g/mol. The number of ketones is 1. The molecule has 0 aliphatic carbocycles. The number of aromatic carboxylic acids is 1. The average molecular weight is 518 g/mol. The van der Waals surface area contributed by atoms with Gasteiger partial charge >= 0.3 is 11.9 Å². The number of ether oxygens (including phenoxy) is 1. The number of carboxylic acids is 1. The Morgan fingerprint density at radius 3 is 2.57 bits per heavy atom. The minimum atomic E-state index is -1.12. The summed E-state index contributed by atoms with van der Waals surface area (Å²) < 4.78 is 5.24. The van der Waals surface area contributed by atoms with Gasteiger partial charge in [-0.25, -0.2) is 9.78 Å². The van der Waals surface area contributed by atoms with Gasteiger partial charge in [0.05, 0.1) is 40.3 Å². The van der Waals surface area contributed by atoms with Crippen molar-refractivity contribution in [1.29, 1.82) is 0 Å². The van der Waals surface area contributed by atoms with Crippen LogP contribution in [0.2, 0.25) is 5.02 Å². The summed E-state index contributed by atoms with van der Waals surface area (Å²) in [6.45, 7) is 1.86. The van der Waals surface area contributed by atoms with Crippen molar-refractivity contribution >= 4 is 52.0 Å². The summed E-state index contributed by atoms with van der Waals surface area (Å²) in [6, 6.07) is 15.0. The number of aliphatic hydroxyl groups excluding tert-OH is 1. The van der Waals surface area contributed by atoms with Crippen molar-refractivity contribution in [2.24, 2.45) is 0 Å². The number of benzene rings is 3. The quantitative estimate of drug-likeness (QED) is 0.195. The molecule has 10 heteroatoms. The largest absolute Gasteiger partial charge is 0.507 e. The van der Waals surface area contributed by atoms with Gasteiger partial charge in [0, 0.05) is 5.56 Å². The molecule has 0 radical (unpaired) electrons. The summed E-state index contributed by atoms with van der Waals surface area (Å²) in [6.07, 6.45) is 0. The summed E-state index contributed by atoms with van der Waals surface area (Å²) >= 11 is 6.35. The number of aromatic nitrogens is 2. The third-order valence-electron chi connectivity index (χ3n) is 6.18. The van der Waals surface area contributed by atoms with Crippen LogP contribution in [0.5, 0.6) is 5.75 Å².